The average molecular weight is 404 g/mol. The number of hydrazone groups is 1. The van der Waals surface area contributed by atoms with E-state index in [1.165, 1.54) is 0 Å². The smallest absolute Gasteiger partial charge is 0.271 e. The molecule has 7 nitrogen and oxygen atoms in total. The molecule has 1 aliphatic rings. The number of morpholine rings is 1. The highest BCUT2D eigenvalue weighted by Crippen LogP contribution is 2.25. The molecule has 0 spiro atoms. The van der Waals surface area contributed by atoms with E-state index in [2.05, 4.69) is 15.4 Å². The van der Waals surface area contributed by atoms with Gasteiger partial charge in [0.15, 0.2) is 0 Å². The van der Waals surface area contributed by atoms with Crippen LogP contribution < -0.4 is 15.1 Å². The standard InChI is InChI=1S/C23H24N4O3/c1-29-22-16-21(27-12-14-30-15-13-27)9-6-19(22)17-24-25-23(28)18-4-7-20(8-5-18)26-10-2-3-11-26/h2-11,16-17H,12-15H2,1H3,(H,25,28)/b24-17+. The molecule has 0 bridgehead atoms. The van der Waals surface area contributed by atoms with Gasteiger partial charge in [-0.3, -0.25) is 4.79 Å². The van der Waals surface area contributed by atoms with E-state index < -0.39 is 0 Å². The molecule has 0 atom stereocenters. The number of nitrogens with one attached hydrogen (secondary N) is 1. The molecule has 1 aliphatic heterocycles. The number of amides is 1. The number of carbonyl (C=O) groups excluding carboxylic acids is 1. The third-order valence-electron chi connectivity index (χ3n) is 5.00. The molecular formula is C23H24N4O3. The number of methoxy groups -OCH3 is 1. The molecule has 1 amide bonds. The van der Waals surface area contributed by atoms with Crippen molar-refractivity contribution in [3.05, 3.63) is 78.1 Å². The van der Waals surface area contributed by atoms with Gasteiger partial charge in [0, 0.05) is 54.1 Å². The normalized spacial score (nSPS) is 14.1. The molecule has 30 heavy (non-hydrogen) atoms. The van der Waals surface area contributed by atoms with Gasteiger partial charge in [0.1, 0.15) is 5.75 Å². The number of rotatable bonds is 6. The Hall–Kier alpha value is -3.58. The van der Waals surface area contributed by atoms with Gasteiger partial charge in [0.25, 0.3) is 5.91 Å². The maximum absolute atomic E-state index is 12.4. The van der Waals surface area contributed by atoms with Crippen LogP contribution in [0.15, 0.2) is 72.1 Å². The fraction of sp³-hybridized carbons (Fsp3) is 0.217. The van der Waals surface area contributed by atoms with Crippen molar-refractivity contribution in [2.45, 2.75) is 0 Å². The first-order chi connectivity index (χ1) is 14.7. The fourth-order valence-corrected chi connectivity index (χ4v) is 3.34. The lowest BCUT2D eigenvalue weighted by Crippen LogP contribution is -2.36. The van der Waals surface area contributed by atoms with E-state index in [0.717, 1.165) is 43.2 Å². The minimum Gasteiger partial charge on any atom is -0.496 e. The van der Waals surface area contributed by atoms with Crippen LogP contribution in [0.5, 0.6) is 5.75 Å². The zero-order chi connectivity index (χ0) is 20.8. The molecule has 3 aromatic rings. The van der Waals surface area contributed by atoms with Crippen molar-refractivity contribution in [1.29, 1.82) is 0 Å². The van der Waals surface area contributed by atoms with Gasteiger partial charge in [-0.15, -0.1) is 0 Å². The summed E-state index contributed by atoms with van der Waals surface area (Å²) in [5.41, 5.74) is 5.97. The largest absolute Gasteiger partial charge is 0.496 e. The predicted molar refractivity (Wildman–Crippen MR) is 117 cm³/mol. The molecule has 0 aliphatic carbocycles. The highest BCUT2D eigenvalue weighted by atomic mass is 16.5. The van der Waals surface area contributed by atoms with Gasteiger partial charge in [-0.1, -0.05) is 0 Å². The molecule has 0 unspecified atom stereocenters. The molecule has 1 aromatic heterocycles. The Morgan fingerprint density at radius 2 is 1.77 bits per heavy atom. The van der Waals surface area contributed by atoms with Gasteiger partial charge in [-0.25, -0.2) is 5.43 Å². The van der Waals surface area contributed by atoms with E-state index in [-0.39, 0.29) is 5.91 Å². The SMILES string of the molecule is COc1cc(N2CCOCC2)ccc1/C=N/NC(=O)c1ccc(-n2cccc2)cc1. The van der Waals surface area contributed by atoms with Crippen LogP contribution in [0.1, 0.15) is 15.9 Å². The van der Waals surface area contributed by atoms with Crippen LogP contribution in [-0.4, -0.2) is 50.1 Å². The molecule has 2 aromatic carbocycles. The summed E-state index contributed by atoms with van der Waals surface area (Å²) in [6.07, 6.45) is 5.50. The van der Waals surface area contributed by atoms with Crippen LogP contribution >= 0.6 is 0 Å². The fourth-order valence-electron chi connectivity index (χ4n) is 3.34. The zero-order valence-electron chi connectivity index (χ0n) is 16.8. The van der Waals surface area contributed by atoms with Gasteiger partial charge >= 0.3 is 0 Å². The summed E-state index contributed by atoms with van der Waals surface area (Å²) in [7, 11) is 1.63. The second-order valence-corrected chi connectivity index (χ2v) is 6.86. The van der Waals surface area contributed by atoms with Crippen LogP contribution in [0.25, 0.3) is 5.69 Å². The number of hydrogen-bond acceptors (Lipinski definition) is 5. The number of benzene rings is 2. The highest BCUT2D eigenvalue weighted by molar-refractivity contribution is 5.95. The highest BCUT2D eigenvalue weighted by Gasteiger charge is 2.13. The molecule has 154 valence electrons. The van der Waals surface area contributed by atoms with Gasteiger partial charge < -0.3 is 18.9 Å². The molecule has 1 saturated heterocycles. The minimum atomic E-state index is -0.269. The van der Waals surface area contributed by atoms with E-state index >= 15 is 0 Å². The molecule has 1 fully saturated rings. The first-order valence-corrected chi connectivity index (χ1v) is 9.82. The van der Waals surface area contributed by atoms with Crippen LogP contribution in [0.2, 0.25) is 0 Å². The van der Waals surface area contributed by atoms with Crippen molar-refractivity contribution < 1.29 is 14.3 Å². The lowest BCUT2D eigenvalue weighted by atomic mass is 10.1. The average Bonchev–Trinajstić information content (AvgIpc) is 3.35. The van der Waals surface area contributed by atoms with E-state index in [1.54, 1.807) is 25.5 Å². The van der Waals surface area contributed by atoms with Crippen LogP contribution in [-0.2, 0) is 4.74 Å². The summed E-state index contributed by atoms with van der Waals surface area (Å²) in [5, 5.41) is 4.10. The topological polar surface area (TPSA) is 68.1 Å². The summed E-state index contributed by atoms with van der Waals surface area (Å²) in [5.74, 6) is 0.433. The van der Waals surface area contributed by atoms with Crippen molar-refractivity contribution >= 4 is 17.8 Å². The first-order valence-electron chi connectivity index (χ1n) is 9.82. The van der Waals surface area contributed by atoms with Gasteiger partial charge in [-0.05, 0) is 48.5 Å². The Morgan fingerprint density at radius 1 is 1.07 bits per heavy atom. The van der Waals surface area contributed by atoms with Gasteiger partial charge in [0.05, 0.1) is 26.5 Å². The summed E-state index contributed by atoms with van der Waals surface area (Å²) >= 11 is 0. The van der Waals surface area contributed by atoms with E-state index in [1.807, 2.05) is 59.4 Å². The Bertz CT molecular complexity index is 1010. The number of nitrogens with zero attached hydrogens (tertiary/aromatic N) is 3. The third kappa shape index (κ3) is 4.52. The zero-order valence-corrected chi connectivity index (χ0v) is 16.8. The maximum atomic E-state index is 12.4. The second-order valence-electron chi connectivity index (χ2n) is 6.86. The van der Waals surface area contributed by atoms with Crippen molar-refractivity contribution in [1.82, 2.24) is 9.99 Å². The maximum Gasteiger partial charge on any atom is 0.271 e. The number of aromatic nitrogens is 1. The molecule has 0 saturated carbocycles. The predicted octanol–water partition coefficient (Wildman–Crippen LogP) is 3.09. The third-order valence-corrected chi connectivity index (χ3v) is 5.00. The monoisotopic (exact) mass is 404 g/mol. The van der Waals surface area contributed by atoms with Gasteiger partial charge in [0.2, 0.25) is 0 Å². The first kappa shape index (κ1) is 19.7. The Kier molecular flexibility index (Phi) is 6.10. The Balaban J connectivity index is 1.40. The number of hydrogen-bond donors (Lipinski definition) is 1. The summed E-state index contributed by atoms with van der Waals surface area (Å²) in [6, 6.07) is 17.2. The molecule has 0 radical (unpaired) electrons. The molecule has 4 rings (SSSR count). The van der Waals surface area contributed by atoms with Crippen molar-refractivity contribution in [2.24, 2.45) is 5.10 Å². The van der Waals surface area contributed by atoms with Crippen molar-refractivity contribution in [3.8, 4) is 11.4 Å². The number of carbonyl (C=O) groups is 1. The molecule has 2 heterocycles. The van der Waals surface area contributed by atoms with Crippen LogP contribution in [0.4, 0.5) is 5.69 Å². The molecule has 7 heteroatoms. The minimum absolute atomic E-state index is 0.269. The van der Waals surface area contributed by atoms with Gasteiger partial charge in [-0.2, -0.15) is 5.10 Å². The lowest BCUT2D eigenvalue weighted by molar-refractivity contribution is 0.0955. The Morgan fingerprint density at radius 3 is 2.47 bits per heavy atom. The van der Waals surface area contributed by atoms with Crippen LogP contribution in [0.3, 0.4) is 0 Å². The Labute approximate surface area is 175 Å². The second kappa shape index (κ2) is 9.28. The van der Waals surface area contributed by atoms with Crippen LogP contribution in [0, 0.1) is 0 Å². The van der Waals surface area contributed by atoms with Crippen molar-refractivity contribution in [3.63, 3.8) is 0 Å². The summed E-state index contributed by atoms with van der Waals surface area (Å²) < 4.78 is 12.9. The number of anilines is 1. The van der Waals surface area contributed by atoms with E-state index in [4.69, 9.17) is 9.47 Å². The molecular weight excluding hydrogens is 380 g/mol. The number of ether oxygens (including phenoxy) is 2. The molecule has 1 N–H and O–H groups in total. The summed E-state index contributed by atoms with van der Waals surface area (Å²) in [6.45, 7) is 3.17. The quantitative estimate of drug-likeness (QED) is 0.506. The van der Waals surface area contributed by atoms with E-state index in [0.29, 0.717) is 11.3 Å². The summed E-state index contributed by atoms with van der Waals surface area (Å²) in [4.78, 5) is 14.6. The van der Waals surface area contributed by atoms with E-state index in [9.17, 15) is 4.79 Å². The lowest BCUT2D eigenvalue weighted by Gasteiger charge is -2.29. The van der Waals surface area contributed by atoms with Crippen molar-refractivity contribution in [2.75, 3.05) is 38.3 Å².